The van der Waals surface area contributed by atoms with Crippen molar-refractivity contribution in [2.45, 2.75) is 36.9 Å². The molecule has 0 aliphatic rings. The Bertz CT molecular complexity index is 861. The summed E-state index contributed by atoms with van der Waals surface area (Å²) < 4.78 is 30.7. The number of rotatable bonds is 9. The molecule has 27 heavy (non-hydrogen) atoms. The second-order valence-corrected chi connectivity index (χ2v) is 9.69. The van der Waals surface area contributed by atoms with E-state index in [1.54, 1.807) is 0 Å². The van der Waals surface area contributed by atoms with Crippen LogP contribution in [0, 0.1) is 5.92 Å². The number of nitrogens with zero attached hydrogens (tertiary/aromatic N) is 3. The van der Waals surface area contributed by atoms with Crippen molar-refractivity contribution in [3.8, 4) is 0 Å². The lowest BCUT2D eigenvalue weighted by Gasteiger charge is -2.11. The minimum atomic E-state index is -3.52. The number of carbonyl (C=O) groups excluding carboxylic acids is 1. The first-order valence-corrected chi connectivity index (χ1v) is 10.9. The van der Waals surface area contributed by atoms with E-state index in [0.717, 1.165) is 16.5 Å². The number of thioether (sulfide) groups is 1. The molecule has 0 saturated heterocycles. The first-order chi connectivity index (χ1) is 12.7. The van der Waals surface area contributed by atoms with Gasteiger partial charge in [-0.25, -0.2) is 12.7 Å². The maximum Gasteiger partial charge on any atom is 0.276 e. The van der Waals surface area contributed by atoms with Crippen molar-refractivity contribution in [1.82, 2.24) is 19.8 Å². The molecule has 2 aromatic rings. The molecule has 1 heterocycles. The minimum absolute atomic E-state index is 0.105. The van der Waals surface area contributed by atoms with E-state index < -0.39 is 10.0 Å². The Balaban J connectivity index is 1.90. The number of sulfonamides is 1. The second-order valence-electron chi connectivity index (χ2n) is 6.49. The predicted octanol–water partition coefficient (Wildman–Crippen LogP) is 2.39. The fraction of sp³-hybridized carbons (Fsp3) is 0.471. The zero-order chi connectivity index (χ0) is 20.0. The molecule has 10 heteroatoms. The van der Waals surface area contributed by atoms with Gasteiger partial charge in [0, 0.05) is 25.4 Å². The van der Waals surface area contributed by atoms with Gasteiger partial charge in [0.15, 0.2) is 0 Å². The Hall–Kier alpha value is -1.91. The molecule has 8 nitrogen and oxygen atoms in total. The van der Waals surface area contributed by atoms with Crippen LogP contribution in [-0.4, -0.2) is 48.7 Å². The molecule has 0 aliphatic carbocycles. The molecular formula is C17H24N4O4S2. The summed E-state index contributed by atoms with van der Waals surface area (Å²) >= 11 is 1.49. The lowest BCUT2D eigenvalue weighted by atomic mass is 10.2. The van der Waals surface area contributed by atoms with Gasteiger partial charge in [-0.1, -0.05) is 25.6 Å². The monoisotopic (exact) mass is 412 g/mol. The van der Waals surface area contributed by atoms with E-state index in [1.807, 2.05) is 0 Å². The Kier molecular flexibility index (Phi) is 7.40. The molecule has 0 atom stereocenters. The molecule has 1 aromatic carbocycles. The van der Waals surface area contributed by atoms with Crippen molar-refractivity contribution in [3.63, 3.8) is 0 Å². The summed E-state index contributed by atoms with van der Waals surface area (Å²) in [6.45, 7) is 4.41. The van der Waals surface area contributed by atoms with Crippen LogP contribution < -0.4 is 5.32 Å². The highest BCUT2D eigenvalue weighted by Crippen LogP contribution is 2.19. The summed E-state index contributed by atoms with van der Waals surface area (Å²) in [5, 5.41) is 11.0. The molecule has 0 spiro atoms. The predicted molar refractivity (Wildman–Crippen MR) is 103 cm³/mol. The van der Waals surface area contributed by atoms with Gasteiger partial charge in [-0.2, -0.15) is 0 Å². The van der Waals surface area contributed by atoms with E-state index in [0.29, 0.717) is 22.6 Å². The zero-order valence-electron chi connectivity index (χ0n) is 15.8. The number of amides is 1. The van der Waals surface area contributed by atoms with Crippen LogP contribution in [0.3, 0.4) is 0 Å². The molecular weight excluding hydrogens is 388 g/mol. The van der Waals surface area contributed by atoms with Gasteiger partial charge in [0.25, 0.3) is 11.1 Å². The van der Waals surface area contributed by atoms with Crippen LogP contribution in [0.5, 0.6) is 0 Å². The average Bonchev–Trinajstić information content (AvgIpc) is 3.07. The van der Waals surface area contributed by atoms with Crippen LogP contribution in [0.2, 0.25) is 0 Å². The van der Waals surface area contributed by atoms with Crippen molar-refractivity contribution >= 4 is 27.7 Å². The summed E-state index contributed by atoms with van der Waals surface area (Å²) in [6, 6.07) is 5.74. The third kappa shape index (κ3) is 6.05. The van der Waals surface area contributed by atoms with Gasteiger partial charge in [-0.15, -0.1) is 10.2 Å². The Labute approximate surface area is 163 Å². The van der Waals surface area contributed by atoms with Crippen LogP contribution in [-0.2, 0) is 16.6 Å². The zero-order valence-corrected chi connectivity index (χ0v) is 17.4. The number of benzene rings is 1. The van der Waals surface area contributed by atoms with E-state index in [2.05, 4.69) is 29.4 Å². The SMILES string of the molecule is CC(C)CCSc1nnc(CNC(=O)c2ccc(S(=O)(=O)N(C)C)cc2)o1. The third-order valence-electron chi connectivity index (χ3n) is 3.66. The van der Waals surface area contributed by atoms with Crippen molar-refractivity contribution in [2.24, 2.45) is 5.92 Å². The first kappa shape index (κ1) is 21.4. The summed E-state index contributed by atoms with van der Waals surface area (Å²) in [5.41, 5.74) is 0.346. The summed E-state index contributed by atoms with van der Waals surface area (Å²) in [4.78, 5) is 12.3. The minimum Gasteiger partial charge on any atom is -0.414 e. The molecule has 0 aliphatic heterocycles. The molecule has 0 radical (unpaired) electrons. The summed E-state index contributed by atoms with van der Waals surface area (Å²) in [6.07, 6.45) is 1.05. The smallest absolute Gasteiger partial charge is 0.276 e. The number of nitrogens with one attached hydrogen (secondary N) is 1. The number of aromatic nitrogens is 2. The van der Waals surface area contributed by atoms with Gasteiger partial charge < -0.3 is 9.73 Å². The van der Waals surface area contributed by atoms with E-state index >= 15 is 0 Å². The van der Waals surface area contributed by atoms with Gasteiger partial charge in [0.05, 0.1) is 11.4 Å². The summed E-state index contributed by atoms with van der Waals surface area (Å²) in [7, 11) is -0.611. The van der Waals surface area contributed by atoms with E-state index in [4.69, 9.17) is 4.42 Å². The quantitative estimate of drug-likeness (QED) is 0.630. The van der Waals surface area contributed by atoms with Crippen LogP contribution in [0.25, 0.3) is 0 Å². The van der Waals surface area contributed by atoms with Crippen molar-refractivity contribution in [1.29, 1.82) is 0 Å². The van der Waals surface area contributed by atoms with Crippen LogP contribution in [0.4, 0.5) is 0 Å². The van der Waals surface area contributed by atoms with Crippen LogP contribution in [0.1, 0.15) is 36.5 Å². The molecule has 1 aromatic heterocycles. The van der Waals surface area contributed by atoms with Crippen molar-refractivity contribution in [3.05, 3.63) is 35.7 Å². The number of carbonyl (C=O) groups is 1. The number of hydrogen-bond donors (Lipinski definition) is 1. The largest absolute Gasteiger partial charge is 0.414 e. The Morgan fingerprint density at radius 3 is 2.48 bits per heavy atom. The van der Waals surface area contributed by atoms with E-state index in [-0.39, 0.29) is 17.3 Å². The first-order valence-electron chi connectivity index (χ1n) is 8.46. The third-order valence-corrected chi connectivity index (χ3v) is 6.35. The van der Waals surface area contributed by atoms with E-state index in [1.165, 1.54) is 50.1 Å². The lowest BCUT2D eigenvalue weighted by Crippen LogP contribution is -2.24. The fourth-order valence-corrected chi connectivity index (χ4v) is 3.92. The maximum atomic E-state index is 12.2. The molecule has 1 N–H and O–H groups in total. The maximum absolute atomic E-state index is 12.2. The van der Waals surface area contributed by atoms with Gasteiger partial charge in [0.2, 0.25) is 15.9 Å². The van der Waals surface area contributed by atoms with Crippen LogP contribution >= 0.6 is 11.8 Å². The van der Waals surface area contributed by atoms with Gasteiger partial charge >= 0.3 is 0 Å². The highest BCUT2D eigenvalue weighted by atomic mass is 32.2. The molecule has 0 unspecified atom stereocenters. The standard InChI is InChI=1S/C17H24N4O4S2/c1-12(2)9-10-26-17-20-19-15(25-17)11-18-16(22)13-5-7-14(8-6-13)27(23,24)21(3)4/h5-8,12H,9-11H2,1-4H3,(H,18,22). The van der Waals surface area contributed by atoms with Crippen molar-refractivity contribution < 1.29 is 17.6 Å². The van der Waals surface area contributed by atoms with Gasteiger partial charge in [-0.05, 0) is 36.6 Å². The van der Waals surface area contributed by atoms with Crippen molar-refractivity contribution in [2.75, 3.05) is 19.8 Å². The Morgan fingerprint density at radius 1 is 1.22 bits per heavy atom. The second kappa shape index (κ2) is 9.34. The Morgan fingerprint density at radius 2 is 1.89 bits per heavy atom. The topological polar surface area (TPSA) is 105 Å². The number of hydrogen-bond acceptors (Lipinski definition) is 7. The lowest BCUT2D eigenvalue weighted by molar-refractivity contribution is 0.0946. The normalized spacial score (nSPS) is 11.9. The average molecular weight is 413 g/mol. The summed E-state index contributed by atoms with van der Waals surface area (Å²) in [5.74, 6) is 1.48. The fourth-order valence-electron chi connectivity index (χ4n) is 2.00. The molecule has 148 valence electrons. The highest BCUT2D eigenvalue weighted by molar-refractivity contribution is 7.99. The van der Waals surface area contributed by atoms with Crippen LogP contribution in [0.15, 0.2) is 38.8 Å². The molecule has 2 rings (SSSR count). The molecule has 0 fully saturated rings. The molecule has 1 amide bonds. The molecule has 0 saturated carbocycles. The van der Waals surface area contributed by atoms with Gasteiger partial charge in [-0.3, -0.25) is 4.79 Å². The molecule has 0 bridgehead atoms. The highest BCUT2D eigenvalue weighted by Gasteiger charge is 2.17. The van der Waals surface area contributed by atoms with Gasteiger partial charge in [0.1, 0.15) is 0 Å². The van der Waals surface area contributed by atoms with E-state index in [9.17, 15) is 13.2 Å².